The van der Waals surface area contributed by atoms with Crippen molar-refractivity contribution in [1.82, 2.24) is 25.6 Å². The second-order valence-electron chi connectivity index (χ2n) is 6.65. The molecule has 4 rings (SSSR count). The molecule has 0 aliphatic carbocycles. The minimum Gasteiger partial charge on any atom is -0.481 e. The van der Waals surface area contributed by atoms with Crippen LogP contribution in [0.4, 0.5) is 0 Å². The summed E-state index contributed by atoms with van der Waals surface area (Å²) in [5, 5.41) is 8.49. The summed E-state index contributed by atoms with van der Waals surface area (Å²) in [7, 11) is 1.81. The highest BCUT2D eigenvalue weighted by atomic mass is 32.1. The number of benzene rings is 2. The zero-order chi connectivity index (χ0) is 21.1. The number of thiazole rings is 1. The van der Waals surface area contributed by atoms with E-state index in [9.17, 15) is 9.59 Å². The number of aromatic nitrogens is 3. The van der Waals surface area contributed by atoms with Gasteiger partial charge in [0.05, 0.1) is 6.20 Å². The lowest BCUT2D eigenvalue weighted by Gasteiger charge is -2.15. The number of hydrogen-bond donors (Lipinski definition) is 2. The van der Waals surface area contributed by atoms with Crippen LogP contribution in [0.2, 0.25) is 0 Å². The van der Waals surface area contributed by atoms with Crippen molar-refractivity contribution in [2.75, 3.05) is 0 Å². The molecule has 2 aromatic heterocycles. The molecule has 0 saturated carbocycles. The highest BCUT2D eigenvalue weighted by Gasteiger charge is 2.18. The molecule has 30 heavy (non-hydrogen) atoms. The molecule has 9 heteroatoms. The number of nitrogens with one attached hydrogen (secondary N) is 2. The summed E-state index contributed by atoms with van der Waals surface area (Å²) >= 11 is 1.32. The van der Waals surface area contributed by atoms with Gasteiger partial charge in [0.2, 0.25) is 0 Å². The molecule has 0 bridgehead atoms. The largest absolute Gasteiger partial charge is 0.481 e. The molecule has 0 aliphatic rings. The number of amides is 2. The van der Waals surface area contributed by atoms with Crippen molar-refractivity contribution in [1.29, 1.82) is 0 Å². The Balaban J connectivity index is 1.33. The molecule has 8 nitrogen and oxygen atoms in total. The van der Waals surface area contributed by atoms with Gasteiger partial charge in [-0.1, -0.05) is 30.3 Å². The monoisotopic (exact) mass is 421 g/mol. The van der Waals surface area contributed by atoms with E-state index in [1.54, 1.807) is 36.3 Å². The maximum absolute atomic E-state index is 12.3. The number of hydrazine groups is 1. The van der Waals surface area contributed by atoms with E-state index in [1.807, 2.05) is 42.6 Å². The highest BCUT2D eigenvalue weighted by Crippen LogP contribution is 2.23. The summed E-state index contributed by atoms with van der Waals surface area (Å²) in [4.78, 5) is 28.9. The Morgan fingerprint density at radius 3 is 2.70 bits per heavy atom. The Bertz CT molecular complexity index is 1220. The molecule has 0 radical (unpaired) electrons. The minimum absolute atomic E-state index is 0.210. The summed E-state index contributed by atoms with van der Waals surface area (Å²) in [5.74, 6) is -0.407. The Kier molecular flexibility index (Phi) is 5.44. The average molecular weight is 421 g/mol. The van der Waals surface area contributed by atoms with Gasteiger partial charge in [0, 0.05) is 24.2 Å². The van der Waals surface area contributed by atoms with Crippen molar-refractivity contribution in [3.05, 3.63) is 65.9 Å². The molecular formula is C21H19N5O3S. The lowest BCUT2D eigenvalue weighted by molar-refractivity contribution is -0.128. The number of hydrogen-bond acceptors (Lipinski definition) is 6. The van der Waals surface area contributed by atoms with E-state index in [0.717, 1.165) is 16.3 Å². The Labute approximate surface area is 176 Å². The average Bonchev–Trinajstić information content (AvgIpc) is 3.41. The summed E-state index contributed by atoms with van der Waals surface area (Å²) in [6, 6.07) is 13.5. The molecule has 0 aliphatic heterocycles. The van der Waals surface area contributed by atoms with Gasteiger partial charge >= 0.3 is 0 Å². The van der Waals surface area contributed by atoms with Gasteiger partial charge in [0.1, 0.15) is 16.5 Å². The van der Waals surface area contributed by atoms with Crippen LogP contribution < -0.4 is 15.6 Å². The third-order valence-corrected chi connectivity index (χ3v) is 5.28. The third kappa shape index (κ3) is 4.31. The van der Waals surface area contributed by atoms with E-state index < -0.39 is 17.9 Å². The van der Waals surface area contributed by atoms with Gasteiger partial charge in [0.25, 0.3) is 11.8 Å². The molecule has 2 heterocycles. The van der Waals surface area contributed by atoms with Crippen molar-refractivity contribution in [3.63, 3.8) is 0 Å². The van der Waals surface area contributed by atoms with Gasteiger partial charge in [0.15, 0.2) is 6.10 Å². The molecule has 0 spiro atoms. The Hall–Kier alpha value is -3.72. The number of fused-ring (bicyclic) bond motifs is 1. The molecule has 1 atom stereocenters. The Morgan fingerprint density at radius 1 is 1.13 bits per heavy atom. The minimum atomic E-state index is -0.798. The summed E-state index contributed by atoms with van der Waals surface area (Å²) in [6.07, 6.45) is 2.69. The SMILES string of the molecule is CC(Oc1ccc2ccccc2c1)C(=O)NNC(=O)c1csc(-c2cnn(C)c2)n1. The summed E-state index contributed by atoms with van der Waals surface area (Å²) in [5.41, 5.74) is 5.78. The molecule has 2 N–H and O–H groups in total. The fourth-order valence-electron chi connectivity index (χ4n) is 2.82. The van der Waals surface area contributed by atoms with Crippen LogP contribution in [0, 0.1) is 0 Å². The lowest BCUT2D eigenvalue weighted by Crippen LogP contribution is -2.47. The molecule has 4 aromatic rings. The first kappa shape index (κ1) is 19.6. The number of carbonyl (C=O) groups is 2. The number of carbonyl (C=O) groups excluding carboxylic acids is 2. The first-order valence-electron chi connectivity index (χ1n) is 9.20. The van der Waals surface area contributed by atoms with Gasteiger partial charge in [-0.25, -0.2) is 4.98 Å². The van der Waals surface area contributed by atoms with Crippen LogP contribution in [0.5, 0.6) is 5.75 Å². The van der Waals surface area contributed by atoms with Crippen molar-refractivity contribution in [3.8, 4) is 16.3 Å². The first-order valence-corrected chi connectivity index (χ1v) is 10.1. The van der Waals surface area contributed by atoms with Crippen molar-refractivity contribution < 1.29 is 14.3 Å². The van der Waals surface area contributed by atoms with E-state index >= 15 is 0 Å². The predicted molar refractivity (Wildman–Crippen MR) is 114 cm³/mol. The zero-order valence-electron chi connectivity index (χ0n) is 16.3. The maximum atomic E-state index is 12.3. The Morgan fingerprint density at radius 2 is 1.93 bits per heavy atom. The first-order chi connectivity index (χ1) is 14.5. The summed E-state index contributed by atoms with van der Waals surface area (Å²) < 4.78 is 7.36. The van der Waals surface area contributed by atoms with Crippen LogP contribution in [-0.4, -0.2) is 32.7 Å². The molecule has 2 amide bonds. The highest BCUT2D eigenvalue weighted by molar-refractivity contribution is 7.13. The molecule has 2 aromatic carbocycles. The van der Waals surface area contributed by atoms with Crippen molar-refractivity contribution in [2.45, 2.75) is 13.0 Å². The second-order valence-corrected chi connectivity index (χ2v) is 7.51. The van der Waals surface area contributed by atoms with Gasteiger partial charge in [-0.3, -0.25) is 25.1 Å². The molecule has 0 fully saturated rings. The van der Waals surface area contributed by atoms with Gasteiger partial charge < -0.3 is 4.74 Å². The van der Waals surface area contributed by atoms with E-state index in [2.05, 4.69) is 20.9 Å². The van der Waals surface area contributed by atoms with E-state index in [-0.39, 0.29) is 5.69 Å². The van der Waals surface area contributed by atoms with Crippen LogP contribution in [0.3, 0.4) is 0 Å². The number of aryl methyl sites for hydroxylation is 1. The fourth-order valence-corrected chi connectivity index (χ4v) is 3.60. The maximum Gasteiger partial charge on any atom is 0.289 e. The van der Waals surface area contributed by atoms with Crippen LogP contribution >= 0.6 is 11.3 Å². The molecule has 1 unspecified atom stereocenters. The quantitative estimate of drug-likeness (QED) is 0.483. The summed E-state index contributed by atoms with van der Waals surface area (Å²) in [6.45, 7) is 1.61. The molecule has 0 saturated heterocycles. The van der Waals surface area contributed by atoms with Crippen LogP contribution in [0.15, 0.2) is 60.2 Å². The number of rotatable bonds is 5. The van der Waals surface area contributed by atoms with Gasteiger partial charge in [-0.05, 0) is 29.8 Å². The lowest BCUT2D eigenvalue weighted by atomic mass is 10.1. The van der Waals surface area contributed by atoms with E-state index in [0.29, 0.717) is 10.8 Å². The molecule has 152 valence electrons. The zero-order valence-corrected chi connectivity index (χ0v) is 17.1. The van der Waals surface area contributed by atoms with Crippen LogP contribution in [0.25, 0.3) is 21.3 Å². The topological polar surface area (TPSA) is 98.1 Å². The normalized spacial score (nSPS) is 11.8. The standard InChI is InChI=1S/C21H19N5O3S/c1-13(29-17-8-7-14-5-3-4-6-15(14)9-17)19(27)24-25-20(28)18-12-30-21(23-18)16-10-22-26(2)11-16/h3-13H,1-2H3,(H,24,27)(H,25,28). The van der Waals surface area contributed by atoms with Gasteiger partial charge in [-0.15, -0.1) is 11.3 Å². The van der Waals surface area contributed by atoms with E-state index in [4.69, 9.17) is 4.74 Å². The second kappa shape index (κ2) is 8.34. The predicted octanol–water partition coefficient (Wildman–Crippen LogP) is 2.93. The number of ether oxygens (including phenoxy) is 1. The van der Waals surface area contributed by atoms with Crippen molar-refractivity contribution >= 4 is 33.9 Å². The van der Waals surface area contributed by atoms with E-state index in [1.165, 1.54) is 11.3 Å². The van der Waals surface area contributed by atoms with Crippen LogP contribution in [0.1, 0.15) is 17.4 Å². The van der Waals surface area contributed by atoms with Gasteiger partial charge in [-0.2, -0.15) is 5.10 Å². The third-order valence-electron chi connectivity index (χ3n) is 4.39. The molecular weight excluding hydrogens is 402 g/mol. The fraction of sp³-hybridized carbons (Fsp3) is 0.143. The van der Waals surface area contributed by atoms with Crippen molar-refractivity contribution in [2.24, 2.45) is 7.05 Å². The smallest absolute Gasteiger partial charge is 0.289 e. The number of nitrogens with zero attached hydrogens (tertiary/aromatic N) is 3. The van der Waals surface area contributed by atoms with Crippen LogP contribution in [-0.2, 0) is 11.8 Å².